The second-order valence-electron chi connectivity index (χ2n) is 6.52. The van der Waals surface area contributed by atoms with E-state index in [1.54, 1.807) is 48.5 Å². The van der Waals surface area contributed by atoms with Crippen LogP contribution in [0.5, 0.6) is 0 Å². The van der Waals surface area contributed by atoms with E-state index in [2.05, 4.69) is 0 Å². The van der Waals surface area contributed by atoms with E-state index < -0.39 is 9.84 Å². The molecule has 0 radical (unpaired) electrons. The van der Waals surface area contributed by atoms with Gasteiger partial charge in [-0.05, 0) is 60.2 Å². The molecule has 0 atom stereocenters. The molecular weight excluding hydrogens is 444 g/mol. The first-order valence-electron chi connectivity index (χ1n) is 8.80. The van der Waals surface area contributed by atoms with Crippen LogP contribution in [0.25, 0.3) is 21.7 Å². The minimum atomic E-state index is -3.30. The lowest BCUT2D eigenvalue weighted by atomic mass is 10.1. The van der Waals surface area contributed by atoms with Gasteiger partial charge >= 0.3 is 0 Å². The van der Waals surface area contributed by atoms with E-state index in [-0.39, 0.29) is 16.5 Å². The second-order valence-corrected chi connectivity index (χ2v) is 10.9. The molecule has 0 N–H and O–H groups in total. The van der Waals surface area contributed by atoms with Gasteiger partial charge in [0.2, 0.25) is 0 Å². The topological polar surface area (TPSA) is 47.0 Å². The molecule has 0 aliphatic heterocycles. The van der Waals surface area contributed by atoms with Crippen molar-refractivity contribution < 1.29 is 17.2 Å². The molecular formula is C22H15F2NO2S3. The average Bonchev–Trinajstić information content (AvgIpc) is 3.12. The SMILES string of the molecule is CS(=O)(=O)c1ccc(-c2sc(Sc3cccc(F)c3)nc2-c2ccc(F)cc2)cc1. The third-order valence-electron chi connectivity index (χ3n) is 4.27. The van der Waals surface area contributed by atoms with Gasteiger partial charge in [-0.3, -0.25) is 0 Å². The number of hydrogen-bond acceptors (Lipinski definition) is 5. The van der Waals surface area contributed by atoms with Crippen molar-refractivity contribution in [1.29, 1.82) is 0 Å². The third kappa shape index (κ3) is 4.61. The Kier molecular flexibility index (Phi) is 5.73. The Bertz CT molecular complexity index is 1300. The number of sulfone groups is 1. The fourth-order valence-electron chi connectivity index (χ4n) is 2.83. The van der Waals surface area contributed by atoms with Crippen molar-refractivity contribution in [2.24, 2.45) is 0 Å². The van der Waals surface area contributed by atoms with Gasteiger partial charge in [0.15, 0.2) is 14.2 Å². The monoisotopic (exact) mass is 459 g/mol. The van der Waals surface area contributed by atoms with Gasteiger partial charge in [0.1, 0.15) is 11.6 Å². The van der Waals surface area contributed by atoms with Gasteiger partial charge in [-0.25, -0.2) is 22.2 Å². The Morgan fingerprint density at radius 3 is 2.17 bits per heavy atom. The first-order valence-corrected chi connectivity index (χ1v) is 12.3. The number of rotatable bonds is 5. The van der Waals surface area contributed by atoms with Crippen LogP contribution in [0.2, 0.25) is 0 Å². The average molecular weight is 460 g/mol. The van der Waals surface area contributed by atoms with Gasteiger partial charge in [-0.2, -0.15) is 0 Å². The molecule has 0 amide bonds. The van der Waals surface area contributed by atoms with Crippen molar-refractivity contribution >= 4 is 32.9 Å². The quantitative estimate of drug-likeness (QED) is 0.351. The van der Waals surface area contributed by atoms with Gasteiger partial charge in [0.25, 0.3) is 0 Å². The molecule has 3 nitrogen and oxygen atoms in total. The van der Waals surface area contributed by atoms with Crippen LogP contribution < -0.4 is 0 Å². The van der Waals surface area contributed by atoms with Crippen LogP contribution in [0.3, 0.4) is 0 Å². The zero-order valence-corrected chi connectivity index (χ0v) is 18.1. The molecule has 0 aliphatic rings. The van der Waals surface area contributed by atoms with Crippen LogP contribution >= 0.6 is 23.1 Å². The number of aromatic nitrogens is 1. The highest BCUT2D eigenvalue weighted by molar-refractivity contribution is 8.01. The molecule has 0 fully saturated rings. The normalized spacial score (nSPS) is 11.6. The zero-order valence-electron chi connectivity index (χ0n) is 15.7. The summed E-state index contributed by atoms with van der Waals surface area (Å²) in [7, 11) is -3.30. The lowest BCUT2D eigenvalue weighted by Crippen LogP contribution is -1.96. The predicted octanol–water partition coefficient (Wildman–Crippen LogP) is 6.31. The van der Waals surface area contributed by atoms with Gasteiger partial charge in [0.05, 0.1) is 15.5 Å². The molecule has 152 valence electrons. The minimum Gasteiger partial charge on any atom is -0.229 e. The molecule has 0 unspecified atom stereocenters. The molecule has 1 aromatic heterocycles. The Balaban J connectivity index is 1.79. The van der Waals surface area contributed by atoms with E-state index >= 15 is 0 Å². The minimum absolute atomic E-state index is 0.230. The van der Waals surface area contributed by atoms with Crippen molar-refractivity contribution in [2.45, 2.75) is 14.1 Å². The molecule has 0 saturated carbocycles. The Morgan fingerprint density at radius 2 is 1.53 bits per heavy atom. The molecule has 0 bridgehead atoms. The van der Waals surface area contributed by atoms with Crippen molar-refractivity contribution in [3.63, 3.8) is 0 Å². The van der Waals surface area contributed by atoms with Gasteiger partial charge in [-0.15, -0.1) is 11.3 Å². The lowest BCUT2D eigenvalue weighted by Gasteiger charge is -2.04. The Morgan fingerprint density at radius 1 is 0.867 bits per heavy atom. The van der Waals surface area contributed by atoms with E-state index in [1.807, 2.05) is 0 Å². The standard InChI is InChI=1S/C22H15F2NO2S3/c1-30(26,27)19-11-7-15(8-12-19)21-20(14-5-9-16(23)10-6-14)25-22(29-21)28-18-4-2-3-17(24)13-18/h2-13H,1H3. The number of benzene rings is 3. The zero-order chi connectivity index (χ0) is 21.3. The van der Waals surface area contributed by atoms with Crippen LogP contribution in [-0.4, -0.2) is 19.7 Å². The first-order chi connectivity index (χ1) is 14.3. The van der Waals surface area contributed by atoms with Crippen LogP contribution in [0.4, 0.5) is 8.78 Å². The molecule has 0 spiro atoms. The van der Waals surface area contributed by atoms with Crippen LogP contribution in [-0.2, 0) is 9.84 Å². The first kappa shape index (κ1) is 20.7. The molecule has 3 aromatic carbocycles. The van der Waals surface area contributed by atoms with Gasteiger partial charge in [0, 0.05) is 16.7 Å². The number of nitrogens with zero attached hydrogens (tertiary/aromatic N) is 1. The fraction of sp³-hybridized carbons (Fsp3) is 0.0455. The number of hydrogen-bond donors (Lipinski definition) is 0. The second kappa shape index (κ2) is 8.29. The Hall–Kier alpha value is -2.55. The molecule has 8 heteroatoms. The van der Waals surface area contributed by atoms with Gasteiger partial charge < -0.3 is 0 Å². The van der Waals surface area contributed by atoms with Crippen LogP contribution in [0.15, 0.2) is 86.9 Å². The molecule has 0 aliphatic carbocycles. The molecule has 1 heterocycles. The third-order valence-corrected chi connectivity index (χ3v) is 7.55. The summed E-state index contributed by atoms with van der Waals surface area (Å²) in [5.74, 6) is -0.672. The van der Waals surface area contributed by atoms with E-state index in [0.717, 1.165) is 22.3 Å². The summed E-state index contributed by atoms with van der Waals surface area (Å²) >= 11 is 2.75. The van der Waals surface area contributed by atoms with E-state index in [4.69, 9.17) is 4.98 Å². The van der Waals surface area contributed by atoms with E-state index in [0.29, 0.717) is 14.9 Å². The molecule has 4 rings (SSSR count). The summed E-state index contributed by atoms with van der Waals surface area (Å²) in [4.78, 5) is 6.47. The van der Waals surface area contributed by atoms with E-state index in [1.165, 1.54) is 47.4 Å². The summed E-state index contributed by atoms with van der Waals surface area (Å²) in [5.41, 5.74) is 2.19. The van der Waals surface area contributed by atoms with Gasteiger partial charge in [-0.1, -0.05) is 30.0 Å². The van der Waals surface area contributed by atoms with Crippen molar-refractivity contribution in [3.8, 4) is 21.7 Å². The summed E-state index contributed by atoms with van der Waals surface area (Å²) in [6.07, 6.45) is 1.16. The summed E-state index contributed by atoms with van der Waals surface area (Å²) in [6.45, 7) is 0. The maximum atomic E-state index is 13.5. The smallest absolute Gasteiger partial charge is 0.175 e. The highest BCUT2D eigenvalue weighted by Crippen LogP contribution is 2.42. The number of thiazole rings is 1. The van der Waals surface area contributed by atoms with Crippen molar-refractivity contribution in [2.75, 3.05) is 6.26 Å². The molecule has 4 aromatic rings. The number of halogens is 2. The Labute approximate surface area is 181 Å². The van der Waals surface area contributed by atoms with Crippen LogP contribution in [0, 0.1) is 11.6 Å². The predicted molar refractivity (Wildman–Crippen MR) is 117 cm³/mol. The molecule has 30 heavy (non-hydrogen) atoms. The maximum Gasteiger partial charge on any atom is 0.175 e. The summed E-state index contributed by atoms with van der Waals surface area (Å²) in [6, 6.07) is 18.8. The summed E-state index contributed by atoms with van der Waals surface area (Å²) < 4.78 is 51.1. The van der Waals surface area contributed by atoms with Crippen molar-refractivity contribution in [1.82, 2.24) is 4.98 Å². The highest BCUT2D eigenvalue weighted by atomic mass is 32.2. The highest BCUT2D eigenvalue weighted by Gasteiger charge is 2.17. The van der Waals surface area contributed by atoms with Crippen LogP contribution in [0.1, 0.15) is 0 Å². The molecule has 0 saturated heterocycles. The lowest BCUT2D eigenvalue weighted by molar-refractivity contribution is 0.602. The van der Waals surface area contributed by atoms with E-state index in [9.17, 15) is 17.2 Å². The van der Waals surface area contributed by atoms with Crippen molar-refractivity contribution in [3.05, 3.63) is 84.4 Å². The summed E-state index contributed by atoms with van der Waals surface area (Å²) in [5, 5.41) is 0. The largest absolute Gasteiger partial charge is 0.229 e. The fourth-order valence-corrected chi connectivity index (χ4v) is 5.65. The maximum absolute atomic E-state index is 13.5.